The van der Waals surface area contributed by atoms with E-state index in [1.165, 1.54) is 6.07 Å². The second-order valence-corrected chi connectivity index (χ2v) is 6.38. The molecule has 3 unspecified atom stereocenters. The molecule has 1 saturated carbocycles. The number of hydrazine groups is 1. The number of aromatic nitrogens is 1. The maximum absolute atomic E-state index is 13.8. The van der Waals surface area contributed by atoms with Crippen molar-refractivity contribution in [3.05, 3.63) is 41.8 Å². The fourth-order valence-corrected chi connectivity index (χ4v) is 3.63. The van der Waals surface area contributed by atoms with Gasteiger partial charge in [-0.3, -0.25) is 15.6 Å². The minimum Gasteiger partial charge on any atom is -0.348 e. The van der Waals surface area contributed by atoms with E-state index in [9.17, 15) is 9.18 Å². The largest absolute Gasteiger partial charge is 0.348 e. The predicted molar refractivity (Wildman–Crippen MR) is 85.2 cm³/mol. The van der Waals surface area contributed by atoms with Crippen LogP contribution in [0.2, 0.25) is 0 Å². The third-order valence-corrected chi connectivity index (χ3v) is 4.87. The number of carbonyl (C=O) groups excluding carboxylic acids is 1. The summed E-state index contributed by atoms with van der Waals surface area (Å²) in [5.74, 6) is -0.0747. The molecule has 5 nitrogen and oxygen atoms in total. The lowest BCUT2D eigenvalue weighted by Gasteiger charge is -2.31. The Balaban J connectivity index is 1.49. The van der Waals surface area contributed by atoms with E-state index in [-0.39, 0.29) is 23.2 Å². The van der Waals surface area contributed by atoms with Crippen molar-refractivity contribution in [2.75, 3.05) is 6.54 Å². The first-order chi connectivity index (χ1) is 11.2. The molecule has 1 aromatic heterocycles. The summed E-state index contributed by atoms with van der Waals surface area (Å²) >= 11 is 0. The Morgan fingerprint density at radius 2 is 2.17 bits per heavy atom. The topological polar surface area (TPSA) is 66.1 Å². The molecule has 2 aromatic rings. The van der Waals surface area contributed by atoms with Crippen LogP contribution in [0.3, 0.4) is 0 Å². The SMILES string of the molecule is O=C(NC1CCC2NNCC2C1)c1ccc2cccc(F)c2n1. The van der Waals surface area contributed by atoms with Gasteiger partial charge in [-0.25, -0.2) is 9.37 Å². The van der Waals surface area contributed by atoms with Crippen LogP contribution < -0.4 is 16.2 Å². The van der Waals surface area contributed by atoms with E-state index in [4.69, 9.17) is 0 Å². The number of rotatable bonds is 2. The van der Waals surface area contributed by atoms with E-state index in [1.807, 2.05) is 0 Å². The summed E-state index contributed by atoms with van der Waals surface area (Å²) in [6.45, 7) is 0.941. The van der Waals surface area contributed by atoms with Crippen molar-refractivity contribution in [3.63, 3.8) is 0 Å². The zero-order chi connectivity index (χ0) is 15.8. The van der Waals surface area contributed by atoms with Crippen LogP contribution in [0.15, 0.2) is 30.3 Å². The molecule has 4 rings (SSSR count). The molecular formula is C17H19FN4O. The maximum atomic E-state index is 13.8. The summed E-state index contributed by atoms with van der Waals surface area (Å²) in [4.78, 5) is 16.6. The lowest BCUT2D eigenvalue weighted by atomic mass is 9.83. The number of pyridine rings is 1. The summed E-state index contributed by atoms with van der Waals surface area (Å²) in [6.07, 6.45) is 2.95. The fraction of sp³-hybridized carbons (Fsp3) is 0.412. The molecule has 6 heteroatoms. The van der Waals surface area contributed by atoms with Crippen molar-refractivity contribution in [1.82, 2.24) is 21.2 Å². The van der Waals surface area contributed by atoms with E-state index < -0.39 is 5.82 Å². The highest BCUT2D eigenvalue weighted by molar-refractivity contribution is 5.95. The lowest BCUT2D eigenvalue weighted by Crippen LogP contribution is -2.44. The van der Waals surface area contributed by atoms with Crippen LogP contribution in [0, 0.1) is 11.7 Å². The first-order valence-corrected chi connectivity index (χ1v) is 8.05. The minimum atomic E-state index is -0.402. The van der Waals surface area contributed by atoms with Gasteiger partial charge in [-0.05, 0) is 37.3 Å². The molecule has 0 bridgehead atoms. The fourth-order valence-electron chi connectivity index (χ4n) is 3.63. The van der Waals surface area contributed by atoms with E-state index in [2.05, 4.69) is 21.2 Å². The molecule has 23 heavy (non-hydrogen) atoms. The monoisotopic (exact) mass is 314 g/mol. The van der Waals surface area contributed by atoms with Gasteiger partial charge in [0.05, 0.1) is 0 Å². The van der Waals surface area contributed by atoms with E-state index >= 15 is 0 Å². The Hall–Kier alpha value is -2.05. The van der Waals surface area contributed by atoms with Crippen LogP contribution in [0.4, 0.5) is 4.39 Å². The highest BCUT2D eigenvalue weighted by Gasteiger charge is 2.34. The first kappa shape index (κ1) is 14.5. The quantitative estimate of drug-likeness (QED) is 0.790. The Kier molecular flexibility index (Phi) is 3.71. The molecular weight excluding hydrogens is 295 g/mol. The molecule has 120 valence electrons. The molecule has 1 amide bonds. The van der Waals surface area contributed by atoms with Crippen molar-refractivity contribution in [2.45, 2.75) is 31.3 Å². The van der Waals surface area contributed by atoms with Gasteiger partial charge in [-0.1, -0.05) is 18.2 Å². The predicted octanol–water partition coefficient (Wildman–Crippen LogP) is 1.75. The average Bonchev–Trinajstić information content (AvgIpc) is 3.02. The zero-order valence-corrected chi connectivity index (χ0v) is 12.7. The smallest absolute Gasteiger partial charge is 0.270 e. The number of nitrogens with one attached hydrogen (secondary N) is 3. The van der Waals surface area contributed by atoms with Crippen LogP contribution in [-0.4, -0.2) is 29.5 Å². The highest BCUT2D eigenvalue weighted by atomic mass is 19.1. The lowest BCUT2D eigenvalue weighted by molar-refractivity contribution is 0.0913. The Morgan fingerprint density at radius 1 is 1.26 bits per heavy atom. The number of halogens is 1. The number of hydrogen-bond donors (Lipinski definition) is 3. The van der Waals surface area contributed by atoms with E-state index in [0.717, 1.165) is 25.8 Å². The van der Waals surface area contributed by atoms with Gasteiger partial charge in [0.1, 0.15) is 17.0 Å². The molecule has 3 atom stereocenters. The third kappa shape index (κ3) is 2.80. The number of amides is 1. The average molecular weight is 314 g/mol. The molecule has 1 aliphatic carbocycles. The number of benzene rings is 1. The van der Waals surface area contributed by atoms with Crippen LogP contribution >= 0.6 is 0 Å². The minimum absolute atomic E-state index is 0.156. The molecule has 1 saturated heterocycles. The summed E-state index contributed by atoms with van der Waals surface area (Å²) in [6, 6.07) is 8.84. The number of nitrogens with zero attached hydrogens (tertiary/aromatic N) is 1. The highest BCUT2D eigenvalue weighted by Crippen LogP contribution is 2.27. The van der Waals surface area contributed by atoms with Crippen molar-refractivity contribution >= 4 is 16.8 Å². The van der Waals surface area contributed by atoms with Gasteiger partial charge in [0.15, 0.2) is 0 Å². The standard InChI is InChI=1S/C17H19FN4O/c18-13-3-1-2-10-4-6-15(21-16(10)13)17(23)20-12-5-7-14-11(8-12)9-19-22-14/h1-4,6,11-12,14,19,22H,5,7-9H2,(H,20,23). The van der Waals surface area contributed by atoms with E-state index in [1.54, 1.807) is 24.3 Å². The van der Waals surface area contributed by atoms with Crippen molar-refractivity contribution in [3.8, 4) is 0 Å². The van der Waals surface area contributed by atoms with Gasteiger partial charge in [0.2, 0.25) is 0 Å². The van der Waals surface area contributed by atoms with Crippen LogP contribution in [-0.2, 0) is 0 Å². The Labute approximate surface area is 133 Å². The summed E-state index contributed by atoms with van der Waals surface area (Å²) < 4.78 is 13.8. The van der Waals surface area contributed by atoms with Crippen LogP contribution in [0.1, 0.15) is 29.8 Å². The van der Waals surface area contributed by atoms with Gasteiger partial charge in [-0.2, -0.15) is 0 Å². The Morgan fingerprint density at radius 3 is 3.09 bits per heavy atom. The molecule has 2 fully saturated rings. The molecule has 3 N–H and O–H groups in total. The zero-order valence-electron chi connectivity index (χ0n) is 12.7. The Bertz CT molecular complexity index is 750. The summed E-state index contributed by atoms with van der Waals surface area (Å²) in [5.41, 5.74) is 6.97. The van der Waals surface area contributed by atoms with Gasteiger partial charge >= 0.3 is 0 Å². The summed E-state index contributed by atoms with van der Waals surface area (Å²) in [7, 11) is 0. The second-order valence-electron chi connectivity index (χ2n) is 6.38. The number of carbonyl (C=O) groups is 1. The molecule has 2 aliphatic rings. The molecule has 2 heterocycles. The molecule has 1 aromatic carbocycles. The van der Waals surface area contributed by atoms with Crippen molar-refractivity contribution < 1.29 is 9.18 Å². The number of fused-ring (bicyclic) bond motifs is 2. The van der Waals surface area contributed by atoms with Crippen LogP contribution in [0.5, 0.6) is 0 Å². The first-order valence-electron chi connectivity index (χ1n) is 8.05. The van der Waals surface area contributed by atoms with Crippen molar-refractivity contribution in [1.29, 1.82) is 0 Å². The number of hydrogen-bond acceptors (Lipinski definition) is 4. The van der Waals surface area contributed by atoms with Crippen molar-refractivity contribution in [2.24, 2.45) is 5.92 Å². The maximum Gasteiger partial charge on any atom is 0.270 e. The van der Waals surface area contributed by atoms with Gasteiger partial charge in [0, 0.05) is 24.0 Å². The molecule has 1 aliphatic heterocycles. The molecule has 0 radical (unpaired) electrons. The van der Waals surface area contributed by atoms with E-state index in [0.29, 0.717) is 17.3 Å². The number of para-hydroxylation sites is 1. The van der Waals surface area contributed by atoms with Gasteiger partial charge in [-0.15, -0.1) is 0 Å². The third-order valence-electron chi connectivity index (χ3n) is 4.87. The van der Waals surface area contributed by atoms with Crippen LogP contribution in [0.25, 0.3) is 10.9 Å². The molecule has 0 spiro atoms. The van der Waals surface area contributed by atoms with Gasteiger partial charge < -0.3 is 5.32 Å². The second kappa shape index (κ2) is 5.86. The normalized spacial score (nSPS) is 26.9. The summed E-state index contributed by atoms with van der Waals surface area (Å²) in [5, 5.41) is 3.75. The van der Waals surface area contributed by atoms with Gasteiger partial charge in [0.25, 0.3) is 5.91 Å².